The average molecular weight is 264 g/mol. The molecule has 1 aliphatic rings. The van der Waals surface area contributed by atoms with Crippen molar-refractivity contribution < 1.29 is 9.47 Å². The maximum Gasteiger partial charge on any atom is 0.145 e. The molecule has 0 heterocycles. The number of rotatable bonds is 4. The van der Waals surface area contributed by atoms with Crippen molar-refractivity contribution in [3.63, 3.8) is 0 Å². The summed E-state index contributed by atoms with van der Waals surface area (Å²) in [6, 6.07) is 2.55. The lowest BCUT2D eigenvalue weighted by molar-refractivity contribution is 0.398. The molecule has 0 aliphatic heterocycles. The van der Waals surface area contributed by atoms with Crippen LogP contribution in [-0.2, 0) is 0 Å². The van der Waals surface area contributed by atoms with E-state index < -0.39 is 0 Å². The predicted molar refractivity (Wildman–Crippen MR) is 78.3 cm³/mol. The zero-order valence-corrected chi connectivity index (χ0v) is 12.2. The Balaban J connectivity index is 2.35. The first-order valence-electron chi connectivity index (χ1n) is 6.82. The normalized spacial score (nSPS) is 22.4. The van der Waals surface area contributed by atoms with Gasteiger partial charge in [0.05, 0.1) is 19.9 Å². The molecule has 1 aromatic carbocycles. The second-order valence-corrected chi connectivity index (χ2v) is 5.26. The summed E-state index contributed by atoms with van der Waals surface area (Å²) >= 11 is 0. The fourth-order valence-electron chi connectivity index (χ4n) is 2.81. The Hall–Kier alpha value is -1.42. The minimum atomic E-state index is 0.220. The summed E-state index contributed by atoms with van der Waals surface area (Å²) in [4.78, 5) is 0. The standard InChI is InChI=1S/C15H24N2O2/c1-9-10(2)15(19-4)13(8-14(9)18-3)17-12-7-5-6-11(12)16/h8,11-12,17H,5-7,16H2,1-4H3. The lowest BCUT2D eigenvalue weighted by atomic mass is 10.0. The lowest BCUT2D eigenvalue weighted by Gasteiger charge is -2.23. The maximum absolute atomic E-state index is 6.12. The van der Waals surface area contributed by atoms with Crippen molar-refractivity contribution in [3.8, 4) is 11.5 Å². The van der Waals surface area contributed by atoms with Crippen molar-refractivity contribution in [2.75, 3.05) is 19.5 Å². The zero-order chi connectivity index (χ0) is 14.0. The fourth-order valence-corrected chi connectivity index (χ4v) is 2.81. The van der Waals surface area contributed by atoms with Crippen LogP contribution in [0.5, 0.6) is 11.5 Å². The monoisotopic (exact) mass is 264 g/mol. The lowest BCUT2D eigenvalue weighted by Crippen LogP contribution is -2.35. The van der Waals surface area contributed by atoms with Gasteiger partial charge in [0.25, 0.3) is 0 Å². The molecule has 0 aromatic heterocycles. The van der Waals surface area contributed by atoms with Crippen LogP contribution in [0.25, 0.3) is 0 Å². The third kappa shape index (κ3) is 2.63. The van der Waals surface area contributed by atoms with Crippen molar-refractivity contribution in [2.24, 2.45) is 5.73 Å². The van der Waals surface area contributed by atoms with E-state index >= 15 is 0 Å². The van der Waals surface area contributed by atoms with E-state index in [1.165, 1.54) is 6.42 Å². The molecule has 1 aliphatic carbocycles. The van der Waals surface area contributed by atoms with Crippen LogP contribution in [0, 0.1) is 13.8 Å². The summed E-state index contributed by atoms with van der Waals surface area (Å²) in [5.74, 6) is 1.77. The van der Waals surface area contributed by atoms with Crippen LogP contribution >= 0.6 is 0 Å². The van der Waals surface area contributed by atoms with Crippen LogP contribution in [0.2, 0.25) is 0 Å². The number of hydrogen-bond acceptors (Lipinski definition) is 4. The van der Waals surface area contributed by atoms with Crippen LogP contribution in [-0.4, -0.2) is 26.3 Å². The van der Waals surface area contributed by atoms with E-state index in [2.05, 4.69) is 12.2 Å². The molecular formula is C15H24N2O2. The van der Waals surface area contributed by atoms with Gasteiger partial charge in [-0.05, 0) is 44.2 Å². The van der Waals surface area contributed by atoms with Crippen molar-refractivity contribution in [1.82, 2.24) is 0 Å². The molecule has 2 atom stereocenters. The van der Waals surface area contributed by atoms with Gasteiger partial charge in [0, 0.05) is 18.2 Å². The minimum absolute atomic E-state index is 0.220. The van der Waals surface area contributed by atoms with Gasteiger partial charge in [-0.25, -0.2) is 0 Å². The number of methoxy groups -OCH3 is 2. The van der Waals surface area contributed by atoms with Gasteiger partial charge in [0.15, 0.2) is 0 Å². The molecule has 19 heavy (non-hydrogen) atoms. The molecule has 1 fully saturated rings. The molecule has 1 aromatic rings. The molecule has 0 spiro atoms. The van der Waals surface area contributed by atoms with E-state index in [9.17, 15) is 0 Å². The fraction of sp³-hybridized carbons (Fsp3) is 0.600. The van der Waals surface area contributed by atoms with Crippen LogP contribution in [0.15, 0.2) is 6.07 Å². The maximum atomic E-state index is 6.12. The Kier molecular flexibility index (Phi) is 4.20. The van der Waals surface area contributed by atoms with E-state index in [0.717, 1.165) is 41.2 Å². The molecule has 2 unspecified atom stereocenters. The Morgan fingerprint density at radius 2 is 1.89 bits per heavy atom. The third-order valence-corrected chi connectivity index (χ3v) is 4.13. The highest BCUT2D eigenvalue weighted by Gasteiger charge is 2.25. The Morgan fingerprint density at radius 3 is 2.42 bits per heavy atom. The molecule has 1 saturated carbocycles. The molecule has 106 valence electrons. The van der Waals surface area contributed by atoms with Gasteiger partial charge in [-0.3, -0.25) is 0 Å². The third-order valence-electron chi connectivity index (χ3n) is 4.13. The number of ether oxygens (including phenoxy) is 2. The molecule has 2 rings (SSSR count). The first kappa shape index (κ1) is 14.0. The topological polar surface area (TPSA) is 56.5 Å². The molecular weight excluding hydrogens is 240 g/mol. The van der Waals surface area contributed by atoms with Gasteiger partial charge in [-0.2, -0.15) is 0 Å². The number of nitrogens with one attached hydrogen (secondary N) is 1. The largest absolute Gasteiger partial charge is 0.496 e. The summed E-state index contributed by atoms with van der Waals surface area (Å²) in [5.41, 5.74) is 9.32. The summed E-state index contributed by atoms with van der Waals surface area (Å²) in [7, 11) is 3.40. The summed E-state index contributed by atoms with van der Waals surface area (Å²) in [5, 5.41) is 3.52. The van der Waals surface area contributed by atoms with E-state index in [1.807, 2.05) is 13.0 Å². The molecule has 0 saturated heterocycles. The van der Waals surface area contributed by atoms with Crippen LogP contribution in [0.3, 0.4) is 0 Å². The zero-order valence-electron chi connectivity index (χ0n) is 12.2. The van der Waals surface area contributed by atoms with E-state index in [0.29, 0.717) is 6.04 Å². The van der Waals surface area contributed by atoms with E-state index in [1.54, 1.807) is 14.2 Å². The van der Waals surface area contributed by atoms with Gasteiger partial charge >= 0.3 is 0 Å². The minimum Gasteiger partial charge on any atom is -0.496 e. The summed E-state index contributed by atoms with van der Waals surface area (Å²) in [6.07, 6.45) is 3.38. The molecule has 3 N–H and O–H groups in total. The number of benzene rings is 1. The smallest absolute Gasteiger partial charge is 0.145 e. The van der Waals surface area contributed by atoms with Crippen LogP contribution < -0.4 is 20.5 Å². The molecule has 4 nitrogen and oxygen atoms in total. The molecule has 0 amide bonds. The van der Waals surface area contributed by atoms with Crippen molar-refractivity contribution in [1.29, 1.82) is 0 Å². The first-order valence-corrected chi connectivity index (χ1v) is 6.82. The highest BCUT2D eigenvalue weighted by atomic mass is 16.5. The Bertz CT molecular complexity index is 460. The number of anilines is 1. The molecule has 0 bridgehead atoms. The number of hydrogen-bond donors (Lipinski definition) is 2. The van der Waals surface area contributed by atoms with Crippen molar-refractivity contribution in [3.05, 3.63) is 17.2 Å². The average Bonchev–Trinajstić information content (AvgIpc) is 2.79. The van der Waals surface area contributed by atoms with Gasteiger partial charge < -0.3 is 20.5 Å². The molecule has 0 radical (unpaired) electrons. The van der Waals surface area contributed by atoms with Gasteiger partial charge in [0.2, 0.25) is 0 Å². The Labute approximate surface area is 115 Å². The predicted octanol–water partition coefficient (Wildman–Crippen LogP) is 2.61. The summed E-state index contributed by atoms with van der Waals surface area (Å²) in [6.45, 7) is 4.10. The summed E-state index contributed by atoms with van der Waals surface area (Å²) < 4.78 is 11.0. The number of nitrogens with two attached hydrogens (primary N) is 1. The van der Waals surface area contributed by atoms with E-state index in [4.69, 9.17) is 15.2 Å². The second kappa shape index (κ2) is 5.70. The highest BCUT2D eigenvalue weighted by Crippen LogP contribution is 2.38. The van der Waals surface area contributed by atoms with Crippen molar-refractivity contribution >= 4 is 5.69 Å². The van der Waals surface area contributed by atoms with Crippen LogP contribution in [0.1, 0.15) is 30.4 Å². The SMILES string of the molecule is COc1cc(NC2CCCC2N)c(OC)c(C)c1C. The first-order chi connectivity index (χ1) is 9.08. The second-order valence-electron chi connectivity index (χ2n) is 5.26. The van der Waals surface area contributed by atoms with Crippen molar-refractivity contribution in [2.45, 2.75) is 45.2 Å². The van der Waals surface area contributed by atoms with Gasteiger partial charge in [0.1, 0.15) is 11.5 Å². The highest BCUT2D eigenvalue weighted by molar-refractivity contribution is 5.66. The molecule has 4 heteroatoms. The Morgan fingerprint density at radius 1 is 1.16 bits per heavy atom. The van der Waals surface area contributed by atoms with Gasteiger partial charge in [-0.1, -0.05) is 0 Å². The van der Waals surface area contributed by atoms with Crippen LogP contribution in [0.4, 0.5) is 5.69 Å². The quantitative estimate of drug-likeness (QED) is 0.877. The van der Waals surface area contributed by atoms with E-state index in [-0.39, 0.29) is 6.04 Å². The van der Waals surface area contributed by atoms with Gasteiger partial charge in [-0.15, -0.1) is 0 Å².